The van der Waals surface area contributed by atoms with E-state index in [0.29, 0.717) is 21.8 Å². The van der Waals surface area contributed by atoms with Crippen LogP contribution in [0.2, 0.25) is 5.02 Å². The highest BCUT2D eigenvalue weighted by Gasteiger charge is 2.44. The van der Waals surface area contributed by atoms with E-state index in [1.807, 2.05) is 30.3 Å². The summed E-state index contributed by atoms with van der Waals surface area (Å²) in [6, 6.07) is 22.4. The first-order valence-corrected chi connectivity index (χ1v) is 8.91. The third-order valence-corrected chi connectivity index (χ3v) is 5.10. The second kappa shape index (κ2) is 6.89. The lowest BCUT2D eigenvalue weighted by molar-refractivity contribution is -0.139. The molecule has 0 saturated carbocycles. The van der Waals surface area contributed by atoms with E-state index in [0.717, 1.165) is 5.56 Å². The quantitative estimate of drug-likeness (QED) is 0.705. The maximum atomic E-state index is 13.3. The highest BCUT2D eigenvalue weighted by Crippen LogP contribution is 2.45. The van der Waals surface area contributed by atoms with Crippen molar-refractivity contribution < 1.29 is 14.7 Å². The van der Waals surface area contributed by atoms with E-state index in [1.165, 1.54) is 0 Å². The lowest BCUT2D eigenvalue weighted by Gasteiger charge is -2.40. The van der Waals surface area contributed by atoms with Gasteiger partial charge in [-0.2, -0.15) is 0 Å². The van der Waals surface area contributed by atoms with Crippen LogP contribution in [0, 0.1) is 0 Å². The average Bonchev–Trinajstić information content (AvgIpc) is 2.69. The van der Waals surface area contributed by atoms with Crippen molar-refractivity contribution in [1.29, 1.82) is 0 Å². The number of para-hydroxylation sites is 1. The Bertz CT molecular complexity index is 1000. The number of carbonyl (C=O) groups is 2. The zero-order valence-corrected chi connectivity index (χ0v) is 15.0. The number of hydrogen-bond acceptors (Lipinski definition) is 2. The fourth-order valence-electron chi connectivity index (χ4n) is 3.67. The summed E-state index contributed by atoms with van der Waals surface area (Å²) in [5.74, 6) is -2.08. The molecule has 0 bridgehead atoms. The fourth-order valence-corrected chi connectivity index (χ4v) is 3.80. The number of hydrogen-bond donors (Lipinski definition) is 1. The molecule has 0 radical (unpaired) electrons. The Morgan fingerprint density at radius 1 is 0.889 bits per heavy atom. The van der Waals surface area contributed by atoms with E-state index in [1.54, 1.807) is 53.4 Å². The van der Waals surface area contributed by atoms with Gasteiger partial charge in [0.2, 0.25) is 0 Å². The average molecular weight is 378 g/mol. The Morgan fingerprint density at radius 2 is 1.52 bits per heavy atom. The van der Waals surface area contributed by atoms with E-state index in [4.69, 9.17) is 11.6 Å². The van der Waals surface area contributed by atoms with E-state index >= 15 is 0 Å². The first kappa shape index (κ1) is 17.3. The molecule has 1 aliphatic heterocycles. The van der Waals surface area contributed by atoms with Gasteiger partial charge < -0.3 is 5.11 Å². The Balaban J connectivity index is 1.98. The summed E-state index contributed by atoms with van der Waals surface area (Å²) < 4.78 is 0. The van der Waals surface area contributed by atoms with E-state index in [9.17, 15) is 14.7 Å². The smallest absolute Gasteiger partial charge is 0.313 e. The van der Waals surface area contributed by atoms with Crippen molar-refractivity contribution in [3.05, 3.63) is 101 Å². The van der Waals surface area contributed by atoms with Crippen molar-refractivity contribution in [2.45, 2.75) is 12.0 Å². The second-order valence-corrected chi connectivity index (χ2v) is 6.85. The van der Waals surface area contributed by atoms with E-state index < -0.39 is 17.9 Å². The van der Waals surface area contributed by atoms with Crippen molar-refractivity contribution in [3.63, 3.8) is 0 Å². The van der Waals surface area contributed by atoms with Crippen LogP contribution in [-0.4, -0.2) is 17.0 Å². The number of amides is 1. The molecule has 1 amide bonds. The van der Waals surface area contributed by atoms with Gasteiger partial charge in [-0.15, -0.1) is 0 Å². The molecule has 4 rings (SSSR count). The van der Waals surface area contributed by atoms with Crippen molar-refractivity contribution in [2.24, 2.45) is 0 Å². The summed E-state index contributed by atoms with van der Waals surface area (Å²) in [5, 5.41) is 10.6. The van der Waals surface area contributed by atoms with Crippen LogP contribution in [0.15, 0.2) is 78.9 Å². The fraction of sp³-hybridized carbons (Fsp3) is 0.0909. The lowest BCUT2D eigenvalue weighted by Crippen LogP contribution is -2.45. The molecule has 3 aromatic rings. The number of carboxylic acid groups (broad SMARTS) is 1. The molecule has 0 aromatic heterocycles. The molecule has 27 heavy (non-hydrogen) atoms. The highest BCUT2D eigenvalue weighted by molar-refractivity contribution is 6.30. The summed E-state index contributed by atoms with van der Waals surface area (Å²) >= 11 is 6.02. The molecule has 0 aliphatic carbocycles. The summed E-state index contributed by atoms with van der Waals surface area (Å²) in [6.45, 7) is 0. The van der Waals surface area contributed by atoms with Gasteiger partial charge in [0.25, 0.3) is 5.91 Å². The van der Waals surface area contributed by atoms with E-state index in [-0.39, 0.29) is 5.91 Å². The standard InChI is InChI=1S/C22H16ClNO3/c23-15-12-10-14(11-13-15)20-19(22(26)27)17-8-4-5-9-18(17)21(25)24(20)16-6-2-1-3-7-16/h1-13,19-20H,(H,26,27)/t19-,20-/m1/s1. The Labute approximate surface area is 161 Å². The zero-order chi connectivity index (χ0) is 19.0. The number of aliphatic carboxylic acids is 1. The minimum Gasteiger partial charge on any atom is -0.481 e. The normalized spacial score (nSPS) is 18.9. The molecule has 1 heterocycles. The van der Waals surface area contributed by atoms with Gasteiger partial charge in [0.05, 0.1) is 6.04 Å². The number of carbonyl (C=O) groups excluding carboxylic acids is 1. The van der Waals surface area contributed by atoms with Gasteiger partial charge in [0.1, 0.15) is 5.92 Å². The number of anilines is 1. The Kier molecular flexibility index (Phi) is 4.42. The third kappa shape index (κ3) is 2.98. The van der Waals surface area contributed by atoms with Gasteiger partial charge in [-0.1, -0.05) is 60.1 Å². The molecular weight excluding hydrogens is 362 g/mol. The summed E-state index contributed by atoms with van der Waals surface area (Å²) in [7, 11) is 0. The molecule has 0 spiro atoms. The SMILES string of the molecule is O=C(O)[C@@H]1c2ccccc2C(=O)N(c2ccccc2)[C@@H]1c1ccc(Cl)cc1. The minimum absolute atomic E-state index is 0.214. The van der Waals surface area contributed by atoms with Crippen molar-refractivity contribution >= 4 is 29.2 Å². The minimum atomic E-state index is -0.976. The molecule has 134 valence electrons. The van der Waals surface area contributed by atoms with Crippen LogP contribution in [0.4, 0.5) is 5.69 Å². The van der Waals surface area contributed by atoms with Crippen LogP contribution < -0.4 is 4.90 Å². The van der Waals surface area contributed by atoms with Gasteiger partial charge in [0.15, 0.2) is 0 Å². The molecule has 0 unspecified atom stereocenters. The third-order valence-electron chi connectivity index (χ3n) is 4.85. The second-order valence-electron chi connectivity index (χ2n) is 6.41. The highest BCUT2D eigenvalue weighted by atomic mass is 35.5. The number of fused-ring (bicyclic) bond motifs is 1. The van der Waals surface area contributed by atoms with Crippen LogP contribution in [0.1, 0.15) is 33.4 Å². The molecule has 1 aliphatic rings. The van der Waals surface area contributed by atoms with Crippen LogP contribution in [0.3, 0.4) is 0 Å². The largest absolute Gasteiger partial charge is 0.481 e. The van der Waals surface area contributed by atoms with Crippen molar-refractivity contribution in [1.82, 2.24) is 0 Å². The molecule has 2 atom stereocenters. The number of halogens is 1. The first-order chi connectivity index (χ1) is 13.1. The molecule has 1 N–H and O–H groups in total. The Morgan fingerprint density at radius 3 is 2.19 bits per heavy atom. The van der Waals surface area contributed by atoms with E-state index in [2.05, 4.69) is 0 Å². The van der Waals surface area contributed by atoms with Crippen LogP contribution in [0.5, 0.6) is 0 Å². The van der Waals surface area contributed by atoms with Crippen molar-refractivity contribution in [3.8, 4) is 0 Å². The summed E-state index contributed by atoms with van der Waals surface area (Å²) in [4.78, 5) is 27.2. The zero-order valence-electron chi connectivity index (χ0n) is 14.2. The Hall–Kier alpha value is -3.11. The maximum Gasteiger partial charge on any atom is 0.313 e. The van der Waals surface area contributed by atoms with Gasteiger partial charge in [-0.3, -0.25) is 14.5 Å². The monoisotopic (exact) mass is 377 g/mol. The van der Waals surface area contributed by atoms with Gasteiger partial charge in [0, 0.05) is 16.3 Å². The first-order valence-electron chi connectivity index (χ1n) is 8.54. The van der Waals surface area contributed by atoms with Gasteiger partial charge >= 0.3 is 5.97 Å². The summed E-state index contributed by atoms with van der Waals surface area (Å²) in [5.41, 5.74) is 2.32. The predicted octanol–water partition coefficient (Wildman–Crippen LogP) is 4.91. The molecule has 3 aromatic carbocycles. The van der Waals surface area contributed by atoms with Crippen LogP contribution in [-0.2, 0) is 4.79 Å². The maximum absolute atomic E-state index is 13.3. The molecule has 0 saturated heterocycles. The number of rotatable bonds is 3. The topological polar surface area (TPSA) is 57.6 Å². The molecule has 0 fully saturated rings. The van der Waals surface area contributed by atoms with Crippen molar-refractivity contribution in [2.75, 3.05) is 4.90 Å². The molecular formula is C22H16ClNO3. The molecule has 4 nitrogen and oxygen atoms in total. The van der Waals surface area contributed by atoms with Gasteiger partial charge in [-0.05, 0) is 41.5 Å². The van der Waals surface area contributed by atoms with Crippen LogP contribution >= 0.6 is 11.6 Å². The number of carboxylic acids is 1. The number of nitrogens with zero attached hydrogens (tertiary/aromatic N) is 1. The molecule has 5 heteroatoms. The van der Waals surface area contributed by atoms with Gasteiger partial charge in [-0.25, -0.2) is 0 Å². The summed E-state index contributed by atoms with van der Waals surface area (Å²) in [6.07, 6.45) is 0. The predicted molar refractivity (Wildman–Crippen MR) is 104 cm³/mol. The number of benzene rings is 3. The lowest BCUT2D eigenvalue weighted by atomic mass is 9.79. The van der Waals surface area contributed by atoms with Crippen LogP contribution in [0.25, 0.3) is 0 Å².